The van der Waals surface area contributed by atoms with E-state index >= 15 is 0 Å². The Labute approximate surface area is 123 Å². The molecule has 3 unspecified atom stereocenters. The highest BCUT2D eigenvalue weighted by Crippen LogP contribution is 2.38. The van der Waals surface area contributed by atoms with Crippen LogP contribution in [0.5, 0.6) is 0 Å². The second kappa shape index (κ2) is 6.17. The quantitative estimate of drug-likeness (QED) is 0.911. The summed E-state index contributed by atoms with van der Waals surface area (Å²) in [7, 11) is 0. The zero-order valence-electron chi connectivity index (χ0n) is 12.7. The number of anilines is 1. The van der Waals surface area contributed by atoms with Gasteiger partial charge in [0.05, 0.1) is 0 Å². The van der Waals surface area contributed by atoms with Crippen molar-refractivity contribution in [2.45, 2.75) is 51.5 Å². The highest BCUT2D eigenvalue weighted by molar-refractivity contribution is 5.54. The highest BCUT2D eigenvalue weighted by atomic mass is 15.1. The van der Waals surface area contributed by atoms with Crippen LogP contribution in [0.2, 0.25) is 0 Å². The number of nitrogens with two attached hydrogens (primary N) is 1. The van der Waals surface area contributed by atoms with Crippen LogP contribution in [0.15, 0.2) is 24.3 Å². The van der Waals surface area contributed by atoms with Crippen LogP contribution in [0.4, 0.5) is 5.69 Å². The lowest BCUT2D eigenvalue weighted by molar-refractivity contribution is 0.202. The Bertz CT molecular complexity index is 441. The fourth-order valence-corrected chi connectivity index (χ4v) is 4.16. The van der Waals surface area contributed by atoms with Gasteiger partial charge in [-0.15, -0.1) is 0 Å². The van der Waals surface area contributed by atoms with Crippen LogP contribution >= 0.6 is 0 Å². The molecule has 1 aromatic rings. The van der Waals surface area contributed by atoms with Gasteiger partial charge in [-0.2, -0.15) is 0 Å². The van der Waals surface area contributed by atoms with Crippen LogP contribution in [-0.4, -0.2) is 19.1 Å². The highest BCUT2D eigenvalue weighted by Gasteiger charge is 2.31. The van der Waals surface area contributed by atoms with Crippen LogP contribution < -0.4 is 10.6 Å². The van der Waals surface area contributed by atoms with Crippen LogP contribution in [0.1, 0.15) is 44.6 Å². The lowest BCUT2D eigenvalue weighted by atomic mass is 9.75. The van der Waals surface area contributed by atoms with Gasteiger partial charge in [0.1, 0.15) is 0 Å². The third-order valence-corrected chi connectivity index (χ3v) is 5.17. The summed E-state index contributed by atoms with van der Waals surface area (Å²) in [4.78, 5) is 2.63. The summed E-state index contributed by atoms with van der Waals surface area (Å²) < 4.78 is 0. The van der Waals surface area contributed by atoms with Crippen LogP contribution in [0.3, 0.4) is 0 Å². The van der Waals surface area contributed by atoms with Gasteiger partial charge in [-0.05, 0) is 49.7 Å². The van der Waals surface area contributed by atoms with Crippen molar-refractivity contribution >= 4 is 5.69 Å². The number of benzene rings is 1. The third-order valence-electron chi connectivity index (χ3n) is 5.17. The first-order valence-corrected chi connectivity index (χ1v) is 8.32. The minimum atomic E-state index is 0.239. The van der Waals surface area contributed by atoms with Crippen molar-refractivity contribution in [3.8, 4) is 0 Å². The van der Waals surface area contributed by atoms with Gasteiger partial charge in [-0.1, -0.05) is 37.5 Å². The molecule has 2 aliphatic rings. The Morgan fingerprint density at radius 1 is 1.15 bits per heavy atom. The summed E-state index contributed by atoms with van der Waals surface area (Å²) in [5.74, 6) is 1.93. The summed E-state index contributed by atoms with van der Waals surface area (Å²) >= 11 is 0. The molecule has 3 rings (SSSR count). The molecule has 1 aliphatic carbocycles. The maximum Gasteiger partial charge on any atom is 0.0399 e. The Morgan fingerprint density at radius 2 is 1.90 bits per heavy atom. The molecule has 0 bridgehead atoms. The van der Waals surface area contributed by atoms with Crippen LogP contribution in [0.25, 0.3) is 0 Å². The van der Waals surface area contributed by atoms with Gasteiger partial charge < -0.3 is 10.6 Å². The van der Waals surface area contributed by atoms with Gasteiger partial charge in [0.2, 0.25) is 0 Å². The molecule has 110 valence electrons. The molecule has 3 atom stereocenters. The molecule has 0 spiro atoms. The first-order chi connectivity index (χ1) is 9.74. The Kier molecular flexibility index (Phi) is 4.30. The zero-order valence-corrected chi connectivity index (χ0v) is 12.7. The van der Waals surface area contributed by atoms with Crippen molar-refractivity contribution in [2.75, 3.05) is 18.0 Å². The molecule has 0 radical (unpaired) electrons. The summed E-state index contributed by atoms with van der Waals surface area (Å²) in [6, 6.07) is 9.11. The fourth-order valence-electron chi connectivity index (χ4n) is 4.16. The van der Waals surface area contributed by atoms with Gasteiger partial charge in [0, 0.05) is 24.8 Å². The minimum absolute atomic E-state index is 0.239. The van der Waals surface area contributed by atoms with Crippen molar-refractivity contribution in [1.82, 2.24) is 0 Å². The number of fused-ring (bicyclic) bond motifs is 1. The average Bonchev–Trinajstić information content (AvgIpc) is 2.47. The topological polar surface area (TPSA) is 29.3 Å². The minimum Gasteiger partial charge on any atom is -0.371 e. The number of nitrogens with zero attached hydrogens (tertiary/aromatic N) is 1. The normalized spacial score (nSPS) is 28.0. The maximum absolute atomic E-state index is 6.01. The van der Waals surface area contributed by atoms with Crippen molar-refractivity contribution in [3.05, 3.63) is 29.8 Å². The predicted molar refractivity (Wildman–Crippen MR) is 86.1 cm³/mol. The number of hydrogen-bond acceptors (Lipinski definition) is 2. The van der Waals surface area contributed by atoms with Crippen LogP contribution in [0, 0.1) is 11.8 Å². The van der Waals surface area contributed by atoms with E-state index < -0.39 is 0 Å². The van der Waals surface area contributed by atoms with E-state index in [-0.39, 0.29) is 6.04 Å². The second-order valence-corrected chi connectivity index (χ2v) is 6.85. The van der Waals surface area contributed by atoms with Crippen molar-refractivity contribution in [2.24, 2.45) is 17.6 Å². The Morgan fingerprint density at radius 3 is 2.70 bits per heavy atom. The first kappa shape index (κ1) is 13.9. The van der Waals surface area contributed by atoms with Crippen molar-refractivity contribution < 1.29 is 0 Å². The molecule has 1 aromatic carbocycles. The van der Waals surface area contributed by atoms with E-state index in [1.54, 1.807) is 0 Å². The molecule has 1 saturated heterocycles. The zero-order chi connectivity index (χ0) is 13.9. The lowest BCUT2D eigenvalue weighted by Crippen LogP contribution is -2.42. The van der Waals surface area contributed by atoms with Gasteiger partial charge in [0.25, 0.3) is 0 Å². The first-order valence-electron chi connectivity index (χ1n) is 8.32. The number of piperidine rings is 1. The van der Waals surface area contributed by atoms with Crippen molar-refractivity contribution in [3.63, 3.8) is 0 Å². The Balaban J connectivity index is 1.76. The molecule has 0 amide bonds. The van der Waals surface area contributed by atoms with Gasteiger partial charge in [0.15, 0.2) is 0 Å². The second-order valence-electron chi connectivity index (χ2n) is 6.85. The molecule has 2 heteroatoms. The molecule has 20 heavy (non-hydrogen) atoms. The third kappa shape index (κ3) is 3.01. The average molecular weight is 272 g/mol. The van der Waals surface area contributed by atoms with E-state index in [2.05, 4.69) is 36.1 Å². The standard InChI is InChI=1S/C18H28N2/c1-14(19)12-16-7-4-5-9-18(16)20-11-10-15-6-2-3-8-17(15)13-20/h4-5,7,9,14-15,17H,2-3,6,8,10-13,19H2,1H3. The van der Waals surface area contributed by atoms with Crippen molar-refractivity contribution in [1.29, 1.82) is 0 Å². The molecule has 2 nitrogen and oxygen atoms in total. The molecule has 2 N–H and O–H groups in total. The molecule has 2 fully saturated rings. The number of rotatable bonds is 3. The van der Waals surface area contributed by atoms with Gasteiger partial charge in [-0.25, -0.2) is 0 Å². The van der Waals surface area contributed by atoms with E-state index in [4.69, 9.17) is 5.73 Å². The van der Waals surface area contributed by atoms with Gasteiger partial charge >= 0.3 is 0 Å². The number of para-hydroxylation sites is 1. The summed E-state index contributed by atoms with van der Waals surface area (Å²) in [6.45, 7) is 4.60. The van der Waals surface area contributed by atoms with E-state index in [1.807, 2.05) is 0 Å². The molecule has 1 aliphatic heterocycles. The van der Waals surface area contributed by atoms with Crippen LogP contribution in [-0.2, 0) is 6.42 Å². The van der Waals surface area contributed by atoms with E-state index in [0.29, 0.717) is 0 Å². The lowest BCUT2D eigenvalue weighted by Gasteiger charge is -2.43. The molecule has 1 saturated carbocycles. The fraction of sp³-hybridized carbons (Fsp3) is 0.667. The molecular formula is C18H28N2. The summed E-state index contributed by atoms with van der Waals surface area (Å²) in [5, 5.41) is 0. The predicted octanol–water partition coefficient (Wildman–Crippen LogP) is 3.59. The monoisotopic (exact) mass is 272 g/mol. The molecule has 0 aromatic heterocycles. The smallest absolute Gasteiger partial charge is 0.0399 e. The largest absolute Gasteiger partial charge is 0.371 e. The maximum atomic E-state index is 6.01. The molecule has 1 heterocycles. The number of hydrogen-bond donors (Lipinski definition) is 1. The summed E-state index contributed by atoms with van der Waals surface area (Å²) in [6.07, 6.45) is 8.19. The Hall–Kier alpha value is -1.02. The SMILES string of the molecule is CC(N)Cc1ccccc1N1CCC2CCCCC2C1. The van der Waals surface area contributed by atoms with E-state index in [0.717, 1.165) is 18.3 Å². The summed E-state index contributed by atoms with van der Waals surface area (Å²) in [5.41, 5.74) is 8.88. The van der Waals surface area contributed by atoms with E-state index in [9.17, 15) is 0 Å². The molecular weight excluding hydrogens is 244 g/mol. The van der Waals surface area contributed by atoms with Gasteiger partial charge in [-0.3, -0.25) is 0 Å². The van der Waals surface area contributed by atoms with E-state index in [1.165, 1.54) is 56.4 Å².